The van der Waals surface area contributed by atoms with E-state index in [4.69, 9.17) is 13.9 Å². The molecule has 1 aliphatic rings. The highest BCUT2D eigenvalue weighted by molar-refractivity contribution is 6.74. The Bertz CT molecular complexity index is 786. The summed E-state index contributed by atoms with van der Waals surface area (Å²) in [7, 11) is -2.02. The second-order valence-electron chi connectivity index (χ2n) is 11.4. The van der Waals surface area contributed by atoms with Crippen molar-refractivity contribution in [2.45, 2.75) is 84.4 Å². The first-order valence-electron chi connectivity index (χ1n) is 11.8. The normalized spacial score (nSPS) is 19.7. The van der Waals surface area contributed by atoms with Crippen molar-refractivity contribution in [3.8, 4) is 0 Å². The second kappa shape index (κ2) is 10.9. The molecule has 0 radical (unpaired) electrons. The zero-order valence-electron chi connectivity index (χ0n) is 21.6. The molecule has 1 aliphatic heterocycles. The fraction of sp³-hybridized carbons (Fsp3) is 0.680. The molecule has 1 fully saturated rings. The molecule has 1 N–H and O–H groups in total. The van der Waals surface area contributed by atoms with E-state index in [2.05, 4.69) is 39.2 Å². The van der Waals surface area contributed by atoms with Gasteiger partial charge in [-0.15, -0.1) is 0 Å². The monoisotopic (exact) mass is 478 g/mol. The number of rotatable bonds is 6. The quantitative estimate of drug-likeness (QED) is 0.542. The third kappa shape index (κ3) is 9.01. The van der Waals surface area contributed by atoms with E-state index in [9.17, 15) is 9.59 Å². The number of hydrogen-bond acceptors (Lipinski definition) is 5. The number of benzene rings is 1. The number of alkyl carbamates (subject to hydrolysis) is 1. The highest BCUT2D eigenvalue weighted by Crippen LogP contribution is 2.38. The molecular formula is C25H42N2O5Si. The van der Waals surface area contributed by atoms with Gasteiger partial charge in [0.2, 0.25) is 0 Å². The molecule has 33 heavy (non-hydrogen) atoms. The first-order chi connectivity index (χ1) is 15.2. The van der Waals surface area contributed by atoms with E-state index in [0.29, 0.717) is 19.6 Å². The van der Waals surface area contributed by atoms with Crippen LogP contribution in [0.25, 0.3) is 0 Å². The zero-order chi connectivity index (χ0) is 24.9. The van der Waals surface area contributed by atoms with Crippen molar-refractivity contribution in [3.63, 3.8) is 0 Å². The number of hydrogen-bond donors (Lipinski definition) is 1. The van der Waals surface area contributed by atoms with E-state index < -0.39 is 20.0 Å². The van der Waals surface area contributed by atoms with Crippen molar-refractivity contribution in [1.82, 2.24) is 10.2 Å². The van der Waals surface area contributed by atoms with Crippen LogP contribution in [-0.4, -0.2) is 56.7 Å². The van der Waals surface area contributed by atoms with Crippen LogP contribution in [0.2, 0.25) is 18.1 Å². The highest BCUT2D eigenvalue weighted by Gasteiger charge is 2.42. The zero-order valence-corrected chi connectivity index (χ0v) is 22.6. The fourth-order valence-corrected chi connectivity index (χ4v) is 4.84. The summed E-state index contributed by atoms with van der Waals surface area (Å²) >= 11 is 0. The van der Waals surface area contributed by atoms with Gasteiger partial charge >= 0.3 is 12.2 Å². The van der Waals surface area contributed by atoms with Gasteiger partial charge in [0, 0.05) is 19.6 Å². The van der Waals surface area contributed by atoms with Crippen molar-refractivity contribution < 1.29 is 23.5 Å². The van der Waals surface area contributed by atoms with Crippen LogP contribution in [0.15, 0.2) is 30.3 Å². The number of carbonyl (C=O) groups excluding carboxylic acids is 2. The third-order valence-corrected chi connectivity index (χ3v) is 10.7. The van der Waals surface area contributed by atoms with Gasteiger partial charge in [0.1, 0.15) is 12.2 Å². The summed E-state index contributed by atoms with van der Waals surface area (Å²) in [4.78, 5) is 26.8. The summed E-state index contributed by atoms with van der Waals surface area (Å²) in [6, 6.07) is 9.64. The molecule has 0 unspecified atom stereocenters. The molecule has 186 valence electrons. The SMILES string of the molecule is CC(C)(C)OC(=O)NC[C@@H]1C[C@H](O[Si](C)(C)C(C)(C)C)CN(C(=O)OCc2ccccc2)C1. The van der Waals surface area contributed by atoms with Gasteiger partial charge in [-0.3, -0.25) is 0 Å². The first-order valence-corrected chi connectivity index (χ1v) is 14.7. The lowest BCUT2D eigenvalue weighted by molar-refractivity contribution is 0.0272. The van der Waals surface area contributed by atoms with Gasteiger partial charge in [0.05, 0.1) is 6.10 Å². The van der Waals surface area contributed by atoms with E-state index in [0.717, 1.165) is 12.0 Å². The molecule has 1 saturated heterocycles. The van der Waals surface area contributed by atoms with Gasteiger partial charge in [-0.05, 0) is 56.8 Å². The van der Waals surface area contributed by atoms with Crippen molar-refractivity contribution in [3.05, 3.63) is 35.9 Å². The molecule has 1 aromatic rings. The molecule has 2 rings (SSSR count). The number of piperidine rings is 1. The molecule has 0 bridgehead atoms. The van der Waals surface area contributed by atoms with Crippen LogP contribution in [0.4, 0.5) is 9.59 Å². The lowest BCUT2D eigenvalue weighted by Gasteiger charge is -2.44. The molecule has 0 spiro atoms. The molecule has 0 aromatic heterocycles. The van der Waals surface area contributed by atoms with E-state index in [1.165, 1.54) is 0 Å². The molecule has 8 heteroatoms. The molecule has 2 amide bonds. The number of ether oxygens (including phenoxy) is 2. The number of likely N-dealkylation sites (tertiary alicyclic amines) is 1. The molecule has 0 aliphatic carbocycles. The lowest BCUT2D eigenvalue weighted by atomic mass is 9.96. The third-order valence-electron chi connectivity index (χ3n) is 6.16. The van der Waals surface area contributed by atoms with Gasteiger partial charge in [-0.1, -0.05) is 51.1 Å². The van der Waals surface area contributed by atoms with Crippen molar-refractivity contribution in [2.24, 2.45) is 5.92 Å². The van der Waals surface area contributed by atoms with Crippen LogP contribution >= 0.6 is 0 Å². The molecule has 0 saturated carbocycles. The smallest absolute Gasteiger partial charge is 0.410 e. The maximum absolute atomic E-state index is 12.9. The van der Waals surface area contributed by atoms with Crippen LogP contribution < -0.4 is 5.32 Å². The topological polar surface area (TPSA) is 77.1 Å². The van der Waals surface area contributed by atoms with Crippen LogP contribution in [0, 0.1) is 5.92 Å². The Morgan fingerprint density at radius 1 is 1.06 bits per heavy atom. The van der Waals surface area contributed by atoms with Gasteiger partial charge in [0.15, 0.2) is 8.32 Å². The Morgan fingerprint density at radius 2 is 1.70 bits per heavy atom. The lowest BCUT2D eigenvalue weighted by Crippen LogP contribution is -2.54. The summed E-state index contributed by atoms with van der Waals surface area (Å²) in [5.74, 6) is 0.0466. The van der Waals surface area contributed by atoms with E-state index in [1.54, 1.807) is 4.90 Å². The van der Waals surface area contributed by atoms with Gasteiger partial charge in [-0.25, -0.2) is 9.59 Å². The van der Waals surface area contributed by atoms with Crippen molar-refractivity contribution in [2.75, 3.05) is 19.6 Å². The minimum Gasteiger partial charge on any atom is -0.445 e. The Hall–Kier alpha value is -2.06. The number of nitrogens with zero attached hydrogens (tertiary/aromatic N) is 1. The van der Waals surface area contributed by atoms with Gasteiger partial charge < -0.3 is 24.1 Å². The molecule has 1 aromatic carbocycles. The summed E-state index contributed by atoms with van der Waals surface area (Å²) in [6.07, 6.45) is -0.141. The molecule has 7 nitrogen and oxygen atoms in total. The van der Waals surface area contributed by atoms with Gasteiger partial charge in [-0.2, -0.15) is 0 Å². The number of carbonyl (C=O) groups is 2. The standard InChI is InChI=1S/C25H42N2O5Si/c1-24(2,3)31-22(28)26-15-20-14-21(32-33(7,8)25(4,5)6)17-27(16-20)23(29)30-18-19-12-10-9-11-13-19/h9-13,20-21H,14-18H2,1-8H3,(H,26,28)/t20-,21-/m0/s1. The average Bonchev–Trinajstić information content (AvgIpc) is 2.68. The van der Waals surface area contributed by atoms with Crippen LogP contribution in [0.1, 0.15) is 53.5 Å². The summed E-state index contributed by atoms with van der Waals surface area (Å²) in [6.45, 7) is 18.2. The largest absolute Gasteiger partial charge is 0.445 e. The Balaban J connectivity index is 2.05. The minimum absolute atomic E-state index is 0.0466. The number of amides is 2. The van der Waals surface area contributed by atoms with Crippen LogP contribution in [-0.2, 0) is 20.5 Å². The van der Waals surface area contributed by atoms with E-state index >= 15 is 0 Å². The maximum Gasteiger partial charge on any atom is 0.410 e. The minimum atomic E-state index is -2.02. The maximum atomic E-state index is 12.9. The Labute approximate surface area is 200 Å². The summed E-state index contributed by atoms with van der Waals surface area (Å²) < 4.78 is 17.6. The van der Waals surface area contributed by atoms with Gasteiger partial charge in [0.25, 0.3) is 0 Å². The summed E-state index contributed by atoms with van der Waals surface area (Å²) in [5.41, 5.74) is 0.387. The average molecular weight is 479 g/mol. The predicted molar refractivity (Wildman–Crippen MR) is 133 cm³/mol. The fourth-order valence-electron chi connectivity index (χ4n) is 3.48. The molecular weight excluding hydrogens is 436 g/mol. The first kappa shape index (κ1) is 27.2. The predicted octanol–water partition coefficient (Wildman–Crippen LogP) is 5.56. The number of nitrogens with one attached hydrogen (secondary N) is 1. The molecule has 2 atom stereocenters. The summed E-state index contributed by atoms with van der Waals surface area (Å²) in [5, 5.41) is 2.92. The Kier molecular flexibility index (Phi) is 8.99. The van der Waals surface area contributed by atoms with E-state index in [1.807, 2.05) is 51.1 Å². The van der Waals surface area contributed by atoms with Crippen LogP contribution in [0.5, 0.6) is 0 Å². The van der Waals surface area contributed by atoms with Crippen molar-refractivity contribution >= 4 is 20.5 Å². The van der Waals surface area contributed by atoms with E-state index in [-0.39, 0.29) is 29.8 Å². The van der Waals surface area contributed by atoms with Crippen molar-refractivity contribution in [1.29, 1.82) is 0 Å². The second-order valence-corrected chi connectivity index (χ2v) is 16.2. The Morgan fingerprint density at radius 3 is 2.27 bits per heavy atom. The highest BCUT2D eigenvalue weighted by atomic mass is 28.4. The molecule has 1 heterocycles. The van der Waals surface area contributed by atoms with Crippen LogP contribution in [0.3, 0.4) is 0 Å².